The molecule has 26 heavy (non-hydrogen) atoms. The zero-order valence-corrected chi connectivity index (χ0v) is 16.0. The van der Waals surface area contributed by atoms with E-state index < -0.39 is 10.0 Å². The highest BCUT2D eigenvalue weighted by atomic mass is 32.2. The van der Waals surface area contributed by atoms with E-state index in [1.807, 2.05) is 18.4 Å². The van der Waals surface area contributed by atoms with Crippen LogP contribution in [0.3, 0.4) is 0 Å². The number of hydrogen-bond donors (Lipinski definition) is 0. The first-order chi connectivity index (χ1) is 12.4. The fraction of sp³-hybridized carbons (Fsp3) is 0.706. The maximum Gasteiger partial charge on any atom is 0.262 e. The molecule has 4 rings (SSSR count). The number of imidazole rings is 1. The molecule has 1 saturated heterocycles. The van der Waals surface area contributed by atoms with Crippen molar-refractivity contribution in [3.8, 4) is 0 Å². The predicted octanol–water partition coefficient (Wildman–Crippen LogP) is 2.37. The molecule has 0 radical (unpaired) electrons. The summed E-state index contributed by atoms with van der Waals surface area (Å²) in [7, 11) is -3.56. The van der Waals surface area contributed by atoms with E-state index in [9.17, 15) is 8.42 Å². The first kappa shape index (κ1) is 17.7. The van der Waals surface area contributed by atoms with Crippen LogP contribution in [0.25, 0.3) is 0 Å². The molecule has 2 aromatic rings. The van der Waals surface area contributed by atoms with Crippen molar-refractivity contribution in [1.29, 1.82) is 0 Å². The van der Waals surface area contributed by atoms with Crippen molar-refractivity contribution in [2.24, 2.45) is 5.92 Å². The van der Waals surface area contributed by atoms with Crippen LogP contribution >= 0.6 is 0 Å². The fourth-order valence-corrected chi connectivity index (χ4v) is 4.86. The third-order valence-electron chi connectivity index (χ3n) is 5.15. The Balaban J connectivity index is 1.44. The van der Waals surface area contributed by atoms with Crippen LogP contribution in [-0.4, -0.2) is 45.5 Å². The second-order valence-electron chi connectivity index (χ2n) is 7.65. The van der Waals surface area contributed by atoms with Crippen molar-refractivity contribution in [2.75, 3.05) is 13.1 Å². The quantitative estimate of drug-likeness (QED) is 0.765. The zero-order valence-electron chi connectivity index (χ0n) is 15.2. The monoisotopic (exact) mass is 379 g/mol. The molecular weight excluding hydrogens is 354 g/mol. The number of rotatable bonds is 6. The van der Waals surface area contributed by atoms with Crippen LogP contribution in [0.4, 0.5) is 0 Å². The molecule has 0 spiro atoms. The smallest absolute Gasteiger partial charge is 0.262 e. The molecule has 0 N–H and O–H groups in total. The van der Waals surface area contributed by atoms with Gasteiger partial charge in [0.15, 0.2) is 10.9 Å². The Bertz CT molecular complexity index is 869. The minimum absolute atomic E-state index is 0.126. The van der Waals surface area contributed by atoms with Gasteiger partial charge in [-0.3, -0.25) is 0 Å². The van der Waals surface area contributed by atoms with Crippen molar-refractivity contribution in [3.63, 3.8) is 0 Å². The summed E-state index contributed by atoms with van der Waals surface area (Å²) >= 11 is 0. The number of aromatic nitrogens is 4. The lowest BCUT2D eigenvalue weighted by Gasteiger charge is -2.30. The molecule has 2 aromatic heterocycles. The molecule has 9 heteroatoms. The molecule has 8 nitrogen and oxygen atoms in total. The lowest BCUT2D eigenvalue weighted by molar-refractivity contribution is 0.246. The number of hydrogen-bond acceptors (Lipinski definition) is 6. The Kier molecular flexibility index (Phi) is 4.60. The Morgan fingerprint density at radius 1 is 1.31 bits per heavy atom. The van der Waals surface area contributed by atoms with E-state index in [4.69, 9.17) is 4.52 Å². The highest BCUT2D eigenvalue weighted by molar-refractivity contribution is 7.89. The second-order valence-corrected chi connectivity index (χ2v) is 9.53. The van der Waals surface area contributed by atoms with Crippen LogP contribution in [0, 0.1) is 5.92 Å². The molecule has 2 aliphatic rings. The van der Waals surface area contributed by atoms with E-state index in [2.05, 4.69) is 15.1 Å². The van der Waals surface area contributed by atoms with Crippen molar-refractivity contribution < 1.29 is 12.9 Å². The summed E-state index contributed by atoms with van der Waals surface area (Å²) < 4.78 is 34.6. The van der Waals surface area contributed by atoms with E-state index in [-0.39, 0.29) is 17.0 Å². The fourth-order valence-electron chi connectivity index (χ4n) is 3.38. The van der Waals surface area contributed by atoms with E-state index in [0.29, 0.717) is 31.3 Å². The van der Waals surface area contributed by atoms with Gasteiger partial charge >= 0.3 is 0 Å². The van der Waals surface area contributed by atoms with Gasteiger partial charge in [-0.1, -0.05) is 5.16 Å². The van der Waals surface area contributed by atoms with Crippen LogP contribution in [0.2, 0.25) is 0 Å². The average Bonchev–Trinajstić information content (AvgIpc) is 3.15. The summed E-state index contributed by atoms with van der Waals surface area (Å²) in [6, 6.07) is 0.179. The summed E-state index contributed by atoms with van der Waals surface area (Å²) in [6.07, 6.45) is 7.90. The van der Waals surface area contributed by atoms with Crippen LogP contribution in [0.5, 0.6) is 0 Å². The Morgan fingerprint density at radius 2 is 2.12 bits per heavy atom. The first-order valence-electron chi connectivity index (χ1n) is 9.29. The van der Waals surface area contributed by atoms with E-state index in [1.54, 1.807) is 16.8 Å². The zero-order chi connectivity index (χ0) is 18.3. The maximum atomic E-state index is 12.9. The molecule has 0 bridgehead atoms. The largest absolute Gasteiger partial charge is 0.339 e. The van der Waals surface area contributed by atoms with Crippen molar-refractivity contribution in [2.45, 2.75) is 62.9 Å². The molecule has 142 valence electrons. The van der Waals surface area contributed by atoms with Crippen LogP contribution < -0.4 is 0 Å². The molecule has 2 fully saturated rings. The van der Waals surface area contributed by atoms with E-state index >= 15 is 0 Å². The summed E-state index contributed by atoms with van der Waals surface area (Å²) in [5.41, 5.74) is 0. The molecular formula is C17H25N5O3S. The van der Waals surface area contributed by atoms with Crippen molar-refractivity contribution >= 4 is 10.0 Å². The van der Waals surface area contributed by atoms with Gasteiger partial charge in [-0.15, -0.1) is 0 Å². The van der Waals surface area contributed by atoms with Crippen molar-refractivity contribution in [1.82, 2.24) is 24.0 Å². The minimum atomic E-state index is -3.56. The summed E-state index contributed by atoms with van der Waals surface area (Å²) in [5, 5.41) is 4.17. The van der Waals surface area contributed by atoms with Gasteiger partial charge in [0.25, 0.3) is 10.0 Å². The Morgan fingerprint density at radius 3 is 2.81 bits per heavy atom. The molecule has 0 aromatic carbocycles. The Hall–Kier alpha value is -1.74. The Labute approximate surface area is 153 Å². The van der Waals surface area contributed by atoms with Gasteiger partial charge in [-0.05, 0) is 45.4 Å². The molecule has 3 heterocycles. The highest BCUT2D eigenvalue weighted by Crippen LogP contribution is 2.38. The van der Waals surface area contributed by atoms with Gasteiger partial charge < -0.3 is 9.09 Å². The van der Waals surface area contributed by atoms with Gasteiger partial charge in [0.1, 0.15) is 0 Å². The van der Waals surface area contributed by atoms with Gasteiger partial charge in [0.2, 0.25) is 5.89 Å². The topological polar surface area (TPSA) is 94.1 Å². The van der Waals surface area contributed by atoms with Gasteiger partial charge in [-0.2, -0.15) is 9.29 Å². The van der Waals surface area contributed by atoms with Gasteiger partial charge in [0.05, 0.1) is 6.33 Å². The summed E-state index contributed by atoms with van der Waals surface area (Å²) in [5.74, 6) is 2.09. The summed E-state index contributed by atoms with van der Waals surface area (Å²) in [6.45, 7) is 4.99. The van der Waals surface area contributed by atoms with Crippen LogP contribution in [0.1, 0.15) is 63.2 Å². The molecule has 1 aliphatic heterocycles. The molecule has 1 unspecified atom stereocenters. The van der Waals surface area contributed by atoms with Gasteiger partial charge in [0, 0.05) is 37.7 Å². The normalized spacial score (nSPS) is 22.2. The highest BCUT2D eigenvalue weighted by Gasteiger charge is 2.33. The van der Waals surface area contributed by atoms with E-state index in [1.165, 1.54) is 0 Å². The van der Waals surface area contributed by atoms with Crippen LogP contribution in [-0.2, 0) is 16.4 Å². The average molecular weight is 379 g/mol. The standard InChI is InChI=1S/C17H25N5O3S/c1-12(2)21-10-16(18-11-21)26(23,24)22-7-3-4-13(9-22)8-15-19-17(20-25-15)14-5-6-14/h10-14H,3-9H2,1-2H3. The molecule has 1 atom stereocenters. The predicted molar refractivity (Wildman–Crippen MR) is 94.1 cm³/mol. The number of sulfonamides is 1. The molecule has 0 amide bonds. The first-order valence-corrected chi connectivity index (χ1v) is 10.7. The van der Waals surface area contributed by atoms with Crippen LogP contribution in [0.15, 0.2) is 22.1 Å². The SMILES string of the molecule is CC(C)n1cnc(S(=O)(=O)N2CCCC(Cc3nc(C4CC4)no3)C2)c1. The number of nitrogens with zero attached hydrogens (tertiary/aromatic N) is 5. The second kappa shape index (κ2) is 6.77. The number of piperidine rings is 1. The lowest BCUT2D eigenvalue weighted by atomic mass is 9.96. The van der Waals surface area contributed by atoms with Gasteiger partial charge in [-0.25, -0.2) is 13.4 Å². The minimum Gasteiger partial charge on any atom is -0.339 e. The maximum absolute atomic E-state index is 12.9. The third kappa shape index (κ3) is 3.55. The third-order valence-corrected chi connectivity index (χ3v) is 6.90. The van der Waals surface area contributed by atoms with Crippen molar-refractivity contribution in [3.05, 3.63) is 24.2 Å². The van der Waals surface area contributed by atoms with E-state index in [0.717, 1.165) is 31.5 Å². The molecule has 1 aliphatic carbocycles. The molecule has 1 saturated carbocycles. The summed E-state index contributed by atoms with van der Waals surface area (Å²) in [4.78, 5) is 8.59. The lowest BCUT2D eigenvalue weighted by Crippen LogP contribution is -2.40.